The highest BCUT2D eigenvalue weighted by molar-refractivity contribution is 6.30. The van der Waals surface area contributed by atoms with E-state index in [1.807, 2.05) is 36.2 Å². The number of morpholine rings is 1. The molecule has 0 N–H and O–H groups in total. The minimum Gasteiger partial charge on any atom is -0.366 e. The van der Waals surface area contributed by atoms with Crippen LogP contribution in [-0.2, 0) is 9.53 Å². The zero-order valence-electron chi connectivity index (χ0n) is 12.8. The maximum Gasteiger partial charge on any atom is 0.253 e. The second-order valence-electron chi connectivity index (χ2n) is 5.89. The van der Waals surface area contributed by atoms with Crippen LogP contribution in [0.3, 0.4) is 0 Å². The van der Waals surface area contributed by atoms with Gasteiger partial charge in [0.25, 0.3) is 5.91 Å². The Morgan fingerprint density at radius 2 is 2.05 bits per heavy atom. The molecule has 0 radical (unpaired) electrons. The van der Waals surface area contributed by atoms with Crippen LogP contribution in [0.4, 0.5) is 0 Å². The molecule has 118 valence electrons. The third kappa shape index (κ3) is 3.51. The van der Waals surface area contributed by atoms with Gasteiger partial charge in [0.1, 0.15) is 6.10 Å². The fourth-order valence-electron chi connectivity index (χ4n) is 2.93. The lowest BCUT2D eigenvalue weighted by molar-refractivity contribution is -0.148. The van der Waals surface area contributed by atoms with Crippen LogP contribution in [0.5, 0.6) is 0 Å². The second-order valence-corrected chi connectivity index (χ2v) is 6.33. The van der Waals surface area contributed by atoms with Gasteiger partial charge >= 0.3 is 0 Å². The van der Waals surface area contributed by atoms with Crippen LogP contribution in [0, 0.1) is 0 Å². The Labute approximate surface area is 136 Å². The first-order valence-electron chi connectivity index (χ1n) is 7.67. The summed E-state index contributed by atoms with van der Waals surface area (Å²) in [5, 5.41) is 0.746. The van der Waals surface area contributed by atoms with Crippen LogP contribution in [-0.4, -0.2) is 61.6 Å². The lowest BCUT2D eigenvalue weighted by Gasteiger charge is -2.34. The first-order chi connectivity index (χ1) is 10.6. The Hall–Kier alpha value is -1.36. The molecule has 4 nitrogen and oxygen atoms in total. The minimum atomic E-state index is -0.316. The fraction of sp³-hybridized carbons (Fsp3) is 0.471. The van der Waals surface area contributed by atoms with Crippen LogP contribution in [0.2, 0.25) is 5.02 Å². The molecule has 1 aromatic carbocycles. The van der Waals surface area contributed by atoms with Crippen molar-refractivity contribution >= 4 is 23.1 Å². The first-order valence-corrected chi connectivity index (χ1v) is 8.05. The summed E-state index contributed by atoms with van der Waals surface area (Å²) in [6.45, 7) is 3.61. The number of halogens is 1. The summed E-state index contributed by atoms with van der Waals surface area (Å²) in [6, 6.07) is 7.87. The molecule has 22 heavy (non-hydrogen) atoms. The van der Waals surface area contributed by atoms with Gasteiger partial charge in [0.05, 0.1) is 6.61 Å². The number of nitrogens with zero attached hydrogens (tertiary/aromatic N) is 2. The monoisotopic (exact) mass is 320 g/mol. The largest absolute Gasteiger partial charge is 0.366 e. The van der Waals surface area contributed by atoms with Gasteiger partial charge in [-0.15, -0.1) is 0 Å². The summed E-state index contributed by atoms with van der Waals surface area (Å²) in [6.07, 6.45) is 2.69. The number of hydrogen-bond acceptors (Lipinski definition) is 3. The normalized spacial score (nSPS) is 23.3. The molecule has 1 atom stereocenters. The predicted octanol–water partition coefficient (Wildman–Crippen LogP) is 2.29. The molecule has 1 fully saturated rings. The van der Waals surface area contributed by atoms with E-state index >= 15 is 0 Å². The van der Waals surface area contributed by atoms with Crippen molar-refractivity contribution in [3.63, 3.8) is 0 Å². The molecule has 3 rings (SSSR count). The SMILES string of the molecule is CN1CCO[C@H](C(=O)N2CC=C(c3ccc(Cl)cc3)CC2)C1. The summed E-state index contributed by atoms with van der Waals surface area (Å²) >= 11 is 5.92. The van der Waals surface area contributed by atoms with E-state index in [0.717, 1.165) is 24.5 Å². The van der Waals surface area contributed by atoms with Crippen LogP contribution in [0.15, 0.2) is 30.3 Å². The number of carbonyl (C=O) groups is 1. The highest BCUT2D eigenvalue weighted by atomic mass is 35.5. The molecule has 2 heterocycles. The smallest absolute Gasteiger partial charge is 0.253 e. The molecule has 1 aromatic rings. The van der Waals surface area contributed by atoms with Crippen molar-refractivity contribution in [1.29, 1.82) is 0 Å². The van der Waals surface area contributed by atoms with Crippen molar-refractivity contribution in [2.45, 2.75) is 12.5 Å². The quantitative estimate of drug-likeness (QED) is 0.838. The average molecular weight is 321 g/mol. The van der Waals surface area contributed by atoms with E-state index in [1.165, 1.54) is 11.1 Å². The molecule has 0 unspecified atom stereocenters. The van der Waals surface area contributed by atoms with E-state index in [1.54, 1.807) is 0 Å². The molecule has 5 heteroatoms. The van der Waals surface area contributed by atoms with Crippen LogP contribution >= 0.6 is 11.6 Å². The van der Waals surface area contributed by atoms with Gasteiger partial charge in [-0.2, -0.15) is 0 Å². The number of benzene rings is 1. The Bertz CT molecular complexity index is 571. The van der Waals surface area contributed by atoms with E-state index in [-0.39, 0.29) is 12.0 Å². The van der Waals surface area contributed by atoms with E-state index in [0.29, 0.717) is 19.7 Å². The maximum absolute atomic E-state index is 12.5. The fourth-order valence-corrected chi connectivity index (χ4v) is 3.05. The Kier molecular flexibility index (Phi) is 4.81. The number of amides is 1. The van der Waals surface area contributed by atoms with Gasteiger partial charge in [-0.3, -0.25) is 4.79 Å². The molecule has 0 bridgehead atoms. The van der Waals surface area contributed by atoms with Crippen molar-refractivity contribution in [2.24, 2.45) is 0 Å². The zero-order chi connectivity index (χ0) is 15.5. The Morgan fingerprint density at radius 3 is 2.68 bits per heavy atom. The van der Waals surface area contributed by atoms with Crippen LogP contribution < -0.4 is 0 Å². The van der Waals surface area contributed by atoms with Gasteiger partial charge in [0, 0.05) is 31.2 Å². The van der Waals surface area contributed by atoms with Crippen molar-refractivity contribution in [1.82, 2.24) is 9.80 Å². The van der Waals surface area contributed by atoms with E-state index < -0.39 is 0 Å². The third-order valence-corrected chi connectivity index (χ3v) is 4.53. The molecule has 2 aliphatic heterocycles. The van der Waals surface area contributed by atoms with E-state index in [9.17, 15) is 4.79 Å². The molecule has 1 saturated heterocycles. The maximum atomic E-state index is 12.5. The summed E-state index contributed by atoms with van der Waals surface area (Å²) in [4.78, 5) is 16.6. The minimum absolute atomic E-state index is 0.109. The highest BCUT2D eigenvalue weighted by Gasteiger charge is 2.29. The van der Waals surface area contributed by atoms with E-state index in [4.69, 9.17) is 16.3 Å². The second kappa shape index (κ2) is 6.82. The van der Waals surface area contributed by atoms with Crippen molar-refractivity contribution in [2.75, 3.05) is 39.8 Å². The van der Waals surface area contributed by atoms with Gasteiger partial charge in [-0.25, -0.2) is 0 Å². The zero-order valence-corrected chi connectivity index (χ0v) is 13.6. The summed E-state index contributed by atoms with van der Waals surface area (Å²) in [7, 11) is 2.03. The molecule has 2 aliphatic rings. The van der Waals surface area contributed by atoms with Gasteiger partial charge < -0.3 is 14.5 Å². The first kappa shape index (κ1) is 15.5. The number of likely N-dealkylation sites (N-methyl/N-ethyl adjacent to an activating group) is 1. The molecule has 1 amide bonds. The summed E-state index contributed by atoms with van der Waals surface area (Å²) in [5.41, 5.74) is 2.47. The molecule has 0 saturated carbocycles. The number of rotatable bonds is 2. The standard InChI is InChI=1S/C17H21ClN2O2/c1-19-10-11-22-16(12-19)17(21)20-8-6-14(7-9-20)13-2-4-15(18)5-3-13/h2-6,16H,7-12H2,1H3/t16-/m0/s1. The lowest BCUT2D eigenvalue weighted by Crippen LogP contribution is -2.50. The average Bonchev–Trinajstić information content (AvgIpc) is 2.55. The van der Waals surface area contributed by atoms with Crippen molar-refractivity contribution in [3.05, 3.63) is 40.9 Å². The Morgan fingerprint density at radius 1 is 1.27 bits per heavy atom. The number of carbonyl (C=O) groups excluding carboxylic acids is 1. The van der Waals surface area contributed by atoms with Crippen molar-refractivity contribution in [3.8, 4) is 0 Å². The lowest BCUT2D eigenvalue weighted by atomic mass is 9.99. The summed E-state index contributed by atoms with van der Waals surface area (Å²) < 4.78 is 5.62. The molecular formula is C17H21ClN2O2. The molecule has 0 aromatic heterocycles. The predicted molar refractivity (Wildman–Crippen MR) is 87.9 cm³/mol. The number of ether oxygens (including phenoxy) is 1. The summed E-state index contributed by atoms with van der Waals surface area (Å²) in [5.74, 6) is 0.109. The van der Waals surface area contributed by atoms with Gasteiger partial charge in [-0.1, -0.05) is 29.8 Å². The van der Waals surface area contributed by atoms with Crippen LogP contribution in [0.25, 0.3) is 5.57 Å². The molecular weight excluding hydrogens is 300 g/mol. The third-order valence-electron chi connectivity index (χ3n) is 4.28. The highest BCUT2D eigenvalue weighted by Crippen LogP contribution is 2.24. The van der Waals surface area contributed by atoms with Crippen LogP contribution in [0.1, 0.15) is 12.0 Å². The molecule has 0 spiro atoms. The Balaban J connectivity index is 1.62. The molecule has 0 aliphatic carbocycles. The van der Waals surface area contributed by atoms with Gasteiger partial charge in [0.15, 0.2) is 0 Å². The van der Waals surface area contributed by atoms with E-state index in [2.05, 4.69) is 11.0 Å². The van der Waals surface area contributed by atoms with Gasteiger partial charge in [0.2, 0.25) is 0 Å². The van der Waals surface area contributed by atoms with Gasteiger partial charge in [-0.05, 0) is 36.7 Å². The van der Waals surface area contributed by atoms with Crippen molar-refractivity contribution < 1.29 is 9.53 Å². The topological polar surface area (TPSA) is 32.8 Å². The number of hydrogen-bond donors (Lipinski definition) is 0.